The number of Topliss-reactive ketones (excluding diaryl/α,β-unsaturated/α-hetero) is 1. The molecule has 29 heavy (non-hydrogen) atoms. The molecule has 3 unspecified atom stereocenters. The number of hydrogen-bond donors (Lipinski definition) is 0. The summed E-state index contributed by atoms with van der Waals surface area (Å²) < 4.78 is 5.30. The van der Waals surface area contributed by atoms with Crippen LogP contribution in [0.3, 0.4) is 0 Å². The number of piperidine rings is 1. The van der Waals surface area contributed by atoms with Crippen LogP contribution in [0.2, 0.25) is 0 Å². The van der Waals surface area contributed by atoms with Gasteiger partial charge in [0.05, 0.1) is 0 Å². The van der Waals surface area contributed by atoms with Crippen molar-refractivity contribution in [3.8, 4) is 0 Å². The zero-order valence-corrected chi connectivity index (χ0v) is 18.5. The molecule has 0 aromatic rings. The summed E-state index contributed by atoms with van der Waals surface area (Å²) in [6.45, 7) is 8.21. The van der Waals surface area contributed by atoms with Gasteiger partial charge < -0.3 is 9.64 Å². The Morgan fingerprint density at radius 2 is 2.00 bits per heavy atom. The minimum atomic E-state index is -1.96. The number of nitroso groups, excluding NO2 is 1. The fourth-order valence-corrected chi connectivity index (χ4v) is 3.73. The molecule has 0 radical (unpaired) electrons. The van der Waals surface area contributed by atoms with Gasteiger partial charge in [0.15, 0.2) is 0 Å². The van der Waals surface area contributed by atoms with Gasteiger partial charge in [0.2, 0.25) is 0 Å². The van der Waals surface area contributed by atoms with Crippen molar-refractivity contribution in [2.45, 2.75) is 78.0 Å². The van der Waals surface area contributed by atoms with E-state index in [0.29, 0.717) is 13.0 Å². The van der Waals surface area contributed by atoms with Crippen LogP contribution in [0.4, 0.5) is 0 Å². The lowest BCUT2D eigenvalue weighted by molar-refractivity contribution is -0.162. The smallest absolute Gasteiger partial charge is 0.295 e. The van der Waals surface area contributed by atoms with Gasteiger partial charge >= 0.3 is 0 Å². The van der Waals surface area contributed by atoms with E-state index in [-0.39, 0.29) is 6.04 Å². The Morgan fingerprint density at radius 3 is 2.59 bits per heavy atom. The monoisotopic (exact) mass is 404 g/mol. The number of carbonyl (C=O) groups is 2. The van der Waals surface area contributed by atoms with Crippen LogP contribution in [0.25, 0.3) is 0 Å². The van der Waals surface area contributed by atoms with Crippen molar-refractivity contribution < 1.29 is 14.3 Å². The Morgan fingerprint density at radius 1 is 1.28 bits per heavy atom. The predicted molar refractivity (Wildman–Crippen MR) is 116 cm³/mol. The topological polar surface area (TPSA) is 76.0 Å². The Hall–Kier alpha value is -2.08. The summed E-state index contributed by atoms with van der Waals surface area (Å²) >= 11 is 0. The van der Waals surface area contributed by atoms with E-state index in [1.165, 1.54) is 12.7 Å². The summed E-state index contributed by atoms with van der Waals surface area (Å²) in [4.78, 5) is 39.1. The van der Waals surface area contributed by atoms with Crippen molar-refractivity contribution in [3.63, 3.8) is 0 Å². The van der Waals surface area contributed by atoms with E-state index in [1.807, 2.05) is 51.2 Å². The summed E-state index contributed by atoms with van der Waals surface area (Å²) in [6.07, 6.45) is 14.8. The molecule has 0 aliphatic carbocycles. The van der Waals surface area contributed by atoms with Gasteiger partial charge in [0.1, 0.15) is 0 Å². The molecule has 0 aromatic carbocycles. The SMILES string of the molecule is C/C=C/C=C/C=C(\C)CCCC(C)C(N=O)(OC)C(=O)C(=O)N1CCCCC1C. The minimum absolute atomic E-state index is 0.0138. The molecule has 1 aliphatic heterocycles. The second-order valence-electron chi connectivity index (χ2n) is 7.88. The Bertz CT molecular complexity index is 653. The highest BCUT2D eigenvalue weighted by Gasteiger charge is 2.50. The zero-order chi connectivity index (χ0) is 21.9. The number of nitrogens with zero attached hydrogens (tertiary/aromatic N) is 2. The Balaban J connectivity index is 2.78. The molecule has 6 nitrogen and oxygen atoms in total. The molecule has 0 bridgehead atoms. The third-order valence-electron chi connectivity index (χ3n) is 5.70. The average Bonchev–Trinajstić information content (AvgIpc) is 2.72. The number of carbonyl (C=O) groups excluding carboxylic acids is 2. The summed E-state index contributed by atoms with van der Waals surface area (Å²) in [5, 5.41) is 3.04. The van der Waals surface area contributed by atoms with Crippen molar-refractivity contribution in [3.05, 3.63) is 40.9 Å². The van der Waals surface area contributed by atoms with Crippen LogP contribution >= 0.6 is 0 Å². The number of allylic oxidation sites excluding steroid dienone is 6. The molecule has 162 valence electrons. The molecule has 0 N–H and O–H groups in total. The van der Waals surface area contributed by atoms with E-state index in [4.69, 9.17) is 4.74 Å². The van der Waals surface area contributed by atoms with Gasteiger partial charge in [-0.25, -0.2) is 0 Å². The van der Waals surface area contributed by atoms with E-state index in [9.17, 15) is 14.5 Å². The lowest BCUT2D eigenvalue weighted by Crippen LogP contribution is -2.55. The maximum atomic E-state index is 13.0. The van der Waals surface area contributed by atoms with Crippen LogP contribution in [0.1, 0.15) is 66.2 Å². The lowest BCUT2D eigenvalue weighted by Gasteiger charge is -2.36. The zero-order valence-electron chi connectivity index (χ0n) is 18.5. The first-order chi connectivity index (χ1) is 13.8. The average molecular weight is 405 g/mol. The molecule has 3 atom stereocenters. The molecule has 1 rings (SSSR count). The predicted octanol–water partition coefficient (Wildman–Crippen LogP) is 4.95. The number of amides is 1. The highest BCUT2D eigenvalue weighted by Crippen LogP contribution is 2.31. The second-order valence-corrected chi connectivity index (χ2v) is 7.88. The summed E-state index contributed by atoms with van der Waals surface area (Å²) in [5.74, 6) is -2.00. The van der Waals surface area contributed by atoms with Gasteiger partial charge in [-0.1, -0.05) is 42.9 Å². The quantitative estimate of drug-likeness (QED) is 0.277. The highest BCUT2D eigenvalue weighted by atomic mass is 16.5. The number of ether oxygens (including phenoxy) is 1. The van der Waals surface area contributed by atoms with Gasteiger partial charge in [-0.3, -0.25) is 9.59 Å². The third kappa shape index (κ3) is 6.74. The van der Waals surface area contributed by atoms with Crippen LogP contribution in [0, 0.1) is 10.8 Å². The summed E-state index contributed by atoms with van der Waals surface area (Å²) in [5.41, 5.74) is -0.762. The maximum Gasteiger partial charge on any atom is 0.295 e. The van der Waals surface area contributed by atoms with Crippen molar-refractivity contribution in [1.29, 1.82) is 0 Å². The first-order valence-corrected chi connectivity index (χ1v) is 10.5. The standard InChI is InChI=1S/C23H36N2O4/c1-6-7-8-9-13-18(2)14-12-15-19(3)23(24-28,29-5)21(26)22(27)25-17-11-10-16-20(25)4/h6-9,13,19-20H,10-12,14-17H2,1-5H3/b7-6+,9-8+,18-13+. The fourth-order valence-electron chi connectivity index (χ4n) is 3.73. The molecule has 6 heteroatoms. The van der Waals surface area contributed by atoms with Gasteiger partial charge in [-0.05, 0) is 64.5 Å². The van der Waals surface area contributed by atoms with Gasteiger partial charge in [0, 0.05) is 25.6 Å². The number of likely N-dealkylation sites (tertiary alicyclic amines) is 1. The number of rotatable bonds is 11. The maximum absolute atomic E-state index is 13.0. The molecular formula is C23H36N2O4. The van der Waals surface area contributed by atoms with E-state index < -0.39 is 23.3 Å². The number of ketones is 1. The second kappa shape index (κ2) is 12.5. The lowest BCUT2D eigenvalue weighted by atomic mass is 9.87. The van der Waals surface area contributed by atoms with Crippen LogP contribution in [0.5, 0.6) is 0 Å². The summed E-state index contributed by atoms with van der Waals surface area (Å²) in [6, 6.07) is -0.0138. The van der Waals surface area contributed by atoms with Crippen LogP contribution in [-0.4, -0.2) is 42.0 Å². The minimum Gasteiger partial charge on any atom is -0.347 e. The van der Waals surface area contributed by atoms with Crippen molar-refractivity contribution in [2.75, 3.05) is 13.7 Å². The molecule has 0 saturated carbocycles. The molecular weight excluding hydrogens is 368 g/mol. The molecule has 1 heterocycles. The van der Waals surface area contributed by atoms with Gasteiger partial charge in [-0.2, -0.15) is 0 Å². The van der Waals surface area contributed by atoms with E-state index >= 15 is 0 Å². The molecule has 1 amide bonds. The first kappa shape index (κ1) is 25.0. The molecule has 1 fully saturated rings. The molecule has 0 spiro atoms. The van der Waals surface area contributed by atoms with Gasteiger partial charge in [0.25, 0.3) is 17.4 Å². The van der Waals surface area contributed by atoms with E-state index in [1.54, 1.807) is 11.8 Å². The molecule has 1 saturated heterocycles. The Kier molecular flexibility index (Phi) is 10.7. The van der Waals surface area contributed by atoms with Crippen molar-refractivity contribution >= 4 is 11.7 Å². The van der Waals surface area contributed by atoms with Gasteiger partial charge in [-0.15, -0.1) is 4.91 Å². The van der Waals surface area contributed by atoms with Crippen LogP contribution < -0.4 is 0 Å². The fraction of sp³-hybridized carbons (Fsp3) is 0.652. The number of methoxy groups -OCH3 is 1. The first-order valence-electron chi connectivity index (χ1n) is 10.5. The van der Waals surface area contributed by atoms with Crippen molar-refractivity contribution in [2.24, 2.45) is 11.1 Å². The van der Waals surface area contributed by atoms with Crippen molar-refractivity contribution in [1.82, 2.24) is 4.90 Å². The summed E-state index contributed by atoms with van der Waals surface area (Å²) in [7, 11) is 1.28. The normalized spacial score (nSPS) is 21.3. The van der Waals surface area contributed by atoms with E-state index in [0.717, 1.165) is 32.1 Å². The molecule has 1 aliphatic rings. The Labute approximate surface area is 175 Å². The largest absolute Gasteiger partial charge is 0.347 e. The highest BCUT2D eigenvalue weighted by molar-refractivity contribution is 6.39. The van der Waals surface area contributed by atoms with E-state index in [2.05, 4.69) is 5.18 Å². The van der Waals surface area contributed by atoms with Crippen LogP contribution in [0.15, 0.2) is 41.1 Å². The molecule has 0 aromatic heterocycles. The third-order valence-corrected chi connectivity index (χ3v) is 5.70. The number of hydrogen-bond acceptors (Lipinski definition) is 5. The van der Waals surface area contributed by atoms with Crippen LogP contribution in [-0.2, 0) is 14.3 Å².